The topological polar surface area (TPSA) is 50.4 Å². The van der Waals surface area contributed by atoms with Gasteiger partial charge in [-0.3, -0.25) is 4.79 Å². The summed E-state index contributed by atoms with van der Waals surface area (Å²) in [6.07, 6.45) is 0.383. The molecule has 0 saturated carbocycles. The SMILES string of the molecule is COc1ccc(NC(=O)CCNc2ccc(Cl)cc2C)cc1. The van der Waals surface area contributed by atoms with Crippen molar-refractivity contribution >= 4 is 28.9 Å². The summed E-state index contributed by atoms with van der Waals surface area (Å²) in [4.78, 5) is 11.9. The van der Waals surface area contributed by atoms with E-state index in [0.29, 0.717) is 18.0 Å². The summed E-state index contributed by atoms with van der Waals surface area (Å²) in [5, 5.41) is 6.79. The molecule has 0 aromatic heterocycles. The van der Waals surface area contributed by atoms with Crippen LogP contribution in [0.4, 0.5) is 11.4 Å². The zero-order chi connectivity index (χ0) is 15.9. The third-order valence-electron chi connectivity index (χ3n) is 3.23. The number of amides is 1. The summed E-state index contributed by atoms with van der Waals surface area (Å²) in [6.45, 7) is 2.54. The zero-order valence-electron chi connectivity index (χ0n) is 12.7. The Balaban J connectivity index is 1.79. The van der Waals surface area contributed by atoms with Gasteiger partial charge in [0, 0.05) is 29.4 Å². The van der Waals surface area contributed by atoms with E-state index in [9.17, 15) is 4.79 Å². The number of carbonyl (C=O) groups excluding carboxylic acids is 1. The van der Waals surface area contributed by atoms with Gasteiger partial charge in [-0.25, -0.2) is 0 Å². The third-order valence-corrected chi connectivity index (χ3v) is 3.46. The Hall–Kier alpha value is -2.20. The lowest BCUT2D eigenvalue weighted by Crippen LogP contribution is -2.16. The predicted octanol–water partition coefficient (Wildman–Crippen LogP) is 4.10. The van der Waals surface area contributed by atoms with Gasteiger partial charge in [0.25, 0.3) is 0 Å². The zero-order valence-corrected chi connectivity index (χ0v) is 13.4. The number of rotatable bonds is 6. The van der Waals surface area contributed by atoms with Gasteiger partial charge in [0.15, 0.2) is 0 Å². The van der Waals surface area contributed by atoms with Gasteiger partial charge >= 0.3 is 0 Å². The molecule has 22 heavy (non-hydrogen) atoms. The van der Waals surface area contributed by atoms with Gasteiger partial charge in [0.2, 0.25) is 5.91 Å². The first kappa shape index (κ1) is 16.2. The standard InChI is InChI=1S/C17H19ClN2O2/c1-12-11-13(18)3-8-16(12)19-10-9-17(21)20-14-4-6-15(22-2)7-5-14/h3-8,11,19H,9-10H2,1-2H3,(H,20,21). The molecule has 0 aliphatic heterocycles. The van der Waals surface area contributed by atoms with Crippen LogP contribution in [0.1, 0.15) is 12.0 Å². The highest BCUT2D eigenvalue weighted by atomic mass is 35.5. The second kappa shape index (κ2) is 7.71. The normalized spacial score (nSPS) is 10.1. The first-order valence-corrected chi connectivity index (χ1v) is 7.40. The summed E-state index contributed by atoms with van der Waals surface area (Å²) in [5.74, 6) is 0.724. The van der Waals surface area contributed by atoms with E-state index in [1.165, 1.54) is 0 Å². The highest BCUT2D eigenvalue weighted by Gasteiger charge is 2.04. The summed E-state index contributed by atoms with van der Waals surface area (Å²) in [7, 11) is 1.61. The Labute approximate surface area is 135 Å². The second-order valence-electron chi connectivity index (χ2n) is 4.91. The molecule has 0 fully saturated rings. The van der Waals surface area contributed by atoms with Crippen LogP contribution in [0, 0.1) is 6.92 Å². The predicted molar refractivity (Wildman–Crippen MR) is 90.9 cm³/mol. The van der Waals surface area contributed by atoms with Crippen LogP contribution in [0.5, 0.6) is 5.75 Å². The van der Waals surface area contributed by atoms with Crippen LogP contribution in [-0.2, 0) is 4.79 Å². The van der Waals surface area contributed by atoms with Crippen molar-refractivity contribution in [3.05, 3.63) is 53.1 Å². The Bertz CT molecular complexity index is 642. The average Bonchev–Trinajstić information content (AvgIpc) is 2.50. The molecule has 0 heterocycles. The molecule has 0 radical (unpaired) electrons. The number of ether oxygens (including phenoxy) is 1. The molecule has 0 bridgehead atoms. The number of hydrogen-bond acceptors (Lipinski definition) is 3. The molecule has 2 aromatic carbocycles. The van der Waals surface area contributed by atoms with Crippen LogP contribution < -0.4 is 15.4 Å². The fraction of sp³-hybridized carbons (Fsp3) is 0.235. The molecule has 0 spiro atoms. The van der Waals surface area contributed by atoms with Crippen molar-refractivity contribution in [3.63, 3.8) is 0 Å². The number of carbonyl (C=O) groups is 1. The molecule has 1 amide bonds. The molecule has 116 valence electrons. The quantitative estimate of drug-likeness (QED) is 0.843. The number of methoxy groups -OCH3 is 1. The number of anilines is 2. The third kappa shape index (κ3) is 4.67. The van der Waals surface area contributed by atoms with E-state index >= 15 is 0 Å². The minimum atomic E-state index is -0.0377. The van der Waals surface area contributed by atoms with Crippen LogP contribution in [0.15, 0.2) is 42.5 Å². The summed E-state index contributed by atoms with van der Waals surface area (Å²) in [6, 6.07) is 12.9. The minimum absolute atomic E-state index is 0.0377. The summed E-state index contributed by atoms with van der Waals surface area (Å²) < 4.78 is 5.08. The minimum Gasteiger partial charge on any atom is -0.497 e. The van der Waals surface area contributed by atoms with Crippen molar-refractivity contribution < 1.29 is 9.53 Å². The number of benzene rings is 2. The Morgan fingerprint density at radius 1 is 1.18 bits per heavy atom. The molecule has 0 saturated heterocycles. The van der Waals surface area contributed by atoms with E-state index < -0.39 is 0 Å². The summed E-state index contributed by atoms with van der Waals surface area (Å²) in [5.41, 5.74) is 2.80. The van der Waals surface area contributed by atoms with Gasteiger partial charge in [-0.05, 0) is 55.0 Å². The number of hydrogen-bond donors (Lipinski definition) is 2. The Kier molecular flexibility index (Phi) is 5.67. The summed E-state index contributed by atoms with van der Waals surface area (Å²) >= 11 is 5.91. The lowest BCUT2D eigenvalue weighted by atomic mass is 10.2. The first-order valence-electron chi connectivity index (χ1n) is 7.02. The van der Waals surface area contributed by atoms with E-state index in [-0.39, 0.29) is 5.91 Å². The fourth-order valence-corrected chi connectivity index (χ4v) is 2.26. The van der Waals surface area contributed by atoms with Crippen LogP contribution in [0.25, 0.3) is 0 Å². The first-order chi connectivity index (χ1) is 10.6. The van der Waals surface area contributed by atoms with Crippen LogP contribution >= 0.6 is 11.6 Å². The van der Waals surface area contributed by atoms with E-state index in [1.54, 1.807) is 7.11 Å². The molecule has 2 rings (SSSR count). The number of nitrogens with one attached hydrogen (secondary N) is 2. The number of aryl methyl sites for hydroxylation is 1. The van der Waals surface area contributed by atoms with Crippen molar-refractivity contribution in [2.75, 3.05) is 24.3 Å². The molecule has 0 aliphatic carbocycles. The van der Waals surface area contributed by atoms with E-state index in [4.69, 9.17) is 16.3 Å². The van der Waals surface area contributed by atoms with Gasteiger partial charge < -0.3 is 15.4 Å². The molecule has 2 N–H and O–H groups in total. The van der Waals surface area contributed by atoms with Crippen LogP contribution in [-0.4, -0.2) is 19.6 Å². The van der Waals surface area contributed by atoms with Crippen molar-refractivity contribution in [2.45, 2.75) is 13.3 Å². The lowest BCUT2D eigenvalue weighted by molar-refractivity contribution is -0.115. The Morgan fingerprint density at radius 3 is 2.55 bits per heavy atom. The van der Waals surface area contributed by atoms with Crippen LogP contribution in [0.3, 0.4) is 0 Å². The molecule has 0 atom stereocenters. The van der Waals surface area contributed by atoms with E-state index in [1.807, 2.05) is 49.4 Å². The Morgan fingerprint density at radius 2 is 1.91 bits per heavy atom. The van der Waals surface area contributed by atoms with Crippen LogP contribution in [0.2, 0.25) is 5.02 Å². The van der Waals surface area contributed by atoms with Crippen molar-refractivity contribution in [1.82, 2.24) is 0 Å². The number of halogens is 1. The molecule has 5 heteroatoms. The van der Waals surface area contributed by atoms with Gasteiger partial charge in [-0.2, -0.15) is 0 Å². The molecule has 0 unspecified atom stereocenters. The maximum absolute atomic E-state index is 11.9. The van der Waals surface area contributed by atoms with Crippen molar-refractivity contribution in [1.29, 1.82) is 0 Å². The van der Waals surface area contributed by atoms with Gasteiger partial charge in [-0.1, -0.05) is 11.6 Å². The van der Waals surface area contributed by atoms with Gasteiger partial charge in [0.05, 0.1) is 7.11 Å². The highest BCUT2D eigenvalue weighted by molar-refractivity contribution is 6.30. The average molecular weight is 319 g/mol. The second-order valence-corrected chi connectivity index (χ2v) is 5.35. The monoisotopic (exact) mass is 318 g/mol. The molecule has 2 aromatic rings. The maximum Gasteiger partial charge on any atom is 0.226 e. The molecular weight excluding hydrogens is 300 g/mol. The molecule has 0 aliphatic rings. The van der Waals surface area contributed by atoms with Gasteiger partial charge in [-0.15, -0.1) is 0 Å². The molecular formula is C17H19ClN2O2. The lowest BCUT2D eigenvalue weighted by Gasteiger charge is -2.10. The smallest absolute Gasteiger partial charge is 0.226 e. The van der Waals surface area contributed by atoms with E-state index in [2.05, 4.69) is 10.6 Å². The fourth-order valence-electron chi connectivity index (χ4n) is 2.03. The van der Waals surface area contributed by atoms with Crippen molar-refractivity contribution in [2.24, 2.45) is 0 Å². The molecule has 4 nitrogen and oxygen atoms in total. The van der Waals surface area contributed by atoms with E-state index in [0.717, 1.165) is 22.7 Å². The largest absolute Gasteiger partial charge is 0.497 e. The maximum atomic E-state index is 11.9. The highest BCUT2D eigenvalue weighted by Crippen LogP contribution is 2.19. The van der Waals surface area contributed by atoms with Crippen molar-refractivity contribution in [3.8, 4) is 5.75 Å². The van der Waals surface area contributed by atoms with Gasteiger partial charge in [0.1, 0.15) is 5.75 Å².